The lowest BCUT2D eigenvalue weighted by Gasteiger charge is -2.54. The molecule has 2 saturated carbocycles. The number of rotatable bonds is 4. The maximum absolute atomic E-state index is 2.83. The van der Waals surface area contributed by atoms with Gasteiger partial charge in [0.25, 0.3) is 0 Å². The van der Waals surface area contributed by atoms with Gasteiger partial charge in [-0.05, 0) is 152 Å². The van der Waals surface area contributed by atoms with Gasteiger partial charge in [0.1, 0.15) is 0 Å². The topological polar surface area (TPSA) is 0 Å². The molecule has 1 heteroatoms. The normalized spacial score (nSPS) is 29.9. The summed E-state index contributed by atoms with van der Waals surface area (Å²) in [7, 11) is -1.06. The Kier molecular flexibility index (Phi) is 8.30. The largest absolute Gasteiger partial charge is 0.239 e. The van der Waals surface area contributed by atoms with E-state index in [2.05, 4.69) is 151 Å². The molecule has 8 rings (SSSR count). The Bertz CT molecular complexity index is 1670. The molecule has 4 aromatic carbocycles. The van der Waals surface area contributed by atoms with Crippen molar-refractivity contribution in [1.82, 2.24) is 0 Å². The van der Waals surface area contributed by atoms with Crippen molar-refractivity contribution in [3.05, 3.63) is 142 Å². The molecular formula is C48H60S. The molecule has 8 unspecified atom stereocenters. The minimum atomic E-state index is -1.06. The molecule has 0 radical (unpaired) electrons. The van der Waals surface area contributed by atoms with Gasteiger partial charge >= 0.3 is 0 Å². The lowest BCUT2D eigenvalue weighted by atomic mass is 9.74. The van der Waals surface area contributed by atoms with Gasteiger partial charge in [-0.2, -0.15) is 0 Å². The van der Waals surface area contributed by atoms with E-state index >= 15 is 0 Å². The average molecular weight is 669 g/mol. The highest BCUT2D eigenvalue weighted by Crippen LogP contribution is 2.73. The molecule has 0 aromatic heterocycles. The van der Waals surface area contributed by atoms with Gasteiger partial charge in [0.15, 0.2) is 0 Å². The van der Waals surface area contributed by atoms with Crippen LogP contribution in [0.25, 0.3) is 0 Å². The summed E-state index contributed by atoms with van der Waals surface area (Å²) in [5.41, 5.74) is 13.3. The standard InChI is InChI=1S/C48H60S/c1-47(2,3)35-23-19-33-21-25-37-43(39(33)27-35)29-41(31-15-11-9-12-16-31)45(37)49(7,8)46-38-26-22-34-20-24-36(48(4,5)6)28-40(34)44(38)30-42(46)32-17-13-10-14-18-32/h9-20,23-24,27-28,37-38,41-46H,21-22,25-26,29-30H2,1-8H3. The van der Waals surface area contributed by atoms with Gasteiger partial charge in [-0.1, -0.05) is 139 Å². The summed E-state index contributed by atoms with van der Waals surface area (Å²) < 4.78 is 0. The monoisotopic (exact) mass is 668 g/mol. The molecule has 0 amide bonds. The zero-order chi connectivity index (χ0) is 34.3. The van der Waals surface area contributed by atoms with Crippen LogP contribution < -0.4 is 0 Å². The molecule has 4 aliphatic carbocycles. The van der Waals surface area contributed by atoms with Crippen LogP contribution in [0, 0.1) is 11.8 Å². The molecule has 0 N–H and O–H groups in total. The molecular weight excluding hydrogens is 609 g/mol. The third-order valence-electron chi connectivity index (χ3n) is 13.9. The third-order valence-corrected chi connectivity index (χ3v) is 18.0. The lowest BCUT2D eigenvalue weighted by molar-refractivity contribution is 0.411. The summed E-state index contributed by atoms with van der Waals surface area (Å²) in [5.74, 6) is 4.12. The van der Waals surface area contributed by atoms with Crippen molar-refractivity contribution >= 4 is 10.0 Å². The van der Waals surface area contributed by atoms with Gasteiger partial charge in [0, 0.05) is 0 Å². The third kappa shape index (κ3) is 5.75. The molecule has 49 heavy (non-hydrogen) atoms. The quantitative estimate of drug-likeness (QED) is 0.203. The summed E-state index contributed by atoms with van der Waals surface area (Å²) >= 11 is 0. The van der Waals surface area contributed by atoms with E-state index in [0.29, 0.717) is 23.7 Å². The first-order valence-corrected chi connectivity index (χ1v) is 22.0. The minimum absolute atomic E-state index is 0.176. The van der Waals surface area contributed by atoms with E-state index in [1.54, 1.807) is 33.4 Å². The fourth-order valence-electron chi connectivity index (χ4n) is 11.6. The van der Waals surface area contributed by atoms with E-state index in [1.807, 2.05) is 0 Å². The number of fused-ring (bicyclic) bond motifs is 6. The highest BCUT2D eigenvalue weighted by Gasteiger charge is 2.58. The second kappa shape index (κ2) is 12.2. The first kappa shape index (κ1) is 33.4. The van der Waals surface area contributed by atoms with Crippen LogP contribution in [0.15, 0.2) is 97.1 Å². The highest BCUT2D eigenvalue weighted by atomic mass is 32.3. The molecule has 4 aromatic rings. The molecule has 8 atom stereocenters. The Labute approximate surface area is 299 Å². The Hall–Kier alpha value is -2.77. The fraction of sp³-hybridized carbons (Fsp3) is 0.500. The summed E-state index contributed by atoms with van der Waals surface area (Å²) in [5, 5.41) is 1.48. The maximum atomic E-state index is 2.83. The van der Waals surface area contributed by atoms with Crippen LogP contribution in [-0.4, -0.2) is 23.0 Å². The van der Waals surface area contributed by atoms with Crippen LogP contribution in [0.4, 0.5) is 0 Å². The molecule has 0 bridgehead atoms. The number of aryl methyl sites for hydroxylation is 2. The predicted molar refractivity (Wildman–Crippen MR) is 214 cm³/mol. The average Bonchev–Trinajstić information content (AvgIpc) is 3.69. The maximum Gasteiger partial charge on any atom is -0.00106 e. The Morgan fingerprint density at radius 1 is 0.490 bits per heavy atom. The predicted octanol–water partition coefficient (Wildman–Crippen LogP) is 12.5. The first-order valence-electron chi connectivity index (χ1n) is 19.4. The fourth-order valence-corrected chi connectivity index (χ4v) is 16.6. The summed E-state index contributed by atoms with van der Waals surface area (Å²) in [6.45, 7) is 14.3. The first-order chi connectivity index (χ1) is 23.3. The van der Waals surface area contributed by atoms with Gasteiger partial charge in [0.2, 0.25) is 0 Å². The Balaban J connectivity index is 1.25. The van der Waals surface area contributed by atoms with Crippen molar-refractivity contribution in [3.8, 4) is 0 Å². The van der Waals surface area contributed by atoms with Crippen molar-refractivity contribution in [2.75, 3.05) is 12.5 Å². The molecule has 0 heterocycles. The van der Waals surface area contributed by atoms with Crippen LogP contribution in [0.3, 0.4) is 0 Å². The van der Waals surface area contributed by atoms with Crippen molar-refractivity contribution in [2.24, 2.45) is 11.8 Å². The Morgan fingerprint density at radius 2 is 0.878 bits per heavy atom. The van der Waals surface area contributed by atoms with Crippen molar-refractivity contribution in [3.63, 3.8) is 0 Å². The molecule has 0 nitrogen and oxygen atoms in total. The highest BCUT2D eigenvalue weighted by molar-refractivity contribution is 8.33. The van der Waals surface area contributed by atoms with E-state index in [9.17, 15) is 0 Å². The SMILES string of the molecule is CC(C)(C)c1ccc2c(c1)C1CC(c3ccccc3)C(S(C)(C)C3C(c4ccccc4)CC4c5cc(C(C)(C)C)ccc5CCC43)C1CC2. The van der Waals surface area contributed by atoms with Gasteiger partial charge in [-0.25, -0.2) is 10.0 Å². The summed E-state index contributed by atoms with van der Waals surface area (Å²) in [6.07, 6.45) is 13.5. The van der Waals surface area contributed by atoms with E-state index in [-0.39, 0.29) is 10.8 Å². The molecule has 4 aliphatic rings. The molecule has 0 spiro atoms. The second-order valence-corrected chi connectivity index (χ2v) is 22.9. The summed E-state index contributed by atoms with van der Waals surface area (Å²) in [6, 6.07) is 38.8. The van der Waals surface area contributed by atoms with Gasteiger partial charge in [-0.3, -0.25) is 0 Å². The Morgan fingerprint density at radius 3 is 1.24 bits per heavy atom. The smallest absolute Gasteiger partial charge is 0.00106 e. The van der Waals surface area contributed by atoms with Crippen molar-refractivity contribution in [2.45, 2.75) is 125 Å². The van der Waals surface area contributed by atoms with E-state index in [1.165, 1.54) is 49.7 Å². The number of hydrogen-bond acceptors (Lipinski definition) is 0. The zero-order valence-corrected chi connectivity index (χ0v) is 32.3. The van der Waals surface area contributed by atoms with E-state index in [4.69, 9.17) is 0 Å². The van der Waals surface area contributed by atoms with E-state index in [0.717, 1.165) is 22.3 Å². The van der Waals surface area contributed by atoms with Gasteiger partial charge in [0.05, 0.1) is 0 Å². The second-order valence-electron chi connectivity index (χ2n) is 18.9. The lowest BCUT2D eigenvalue weighted by Crippen LogP contribution is -2.40. The van der Waals surface area contributed by atoms with Gasteiger partial charge in [-0.15, -0.1) is 0 Å². The van der Waals surface area contributed by atoms with Crippen LogP contribution in [0.2, 0.25) is 0 Å². The van der Waals surface area contributed by atoms with Crippen LogP contribution in [0.5, 0.6) is 0 Å². The summed E-state index contributed by atoms with van der Waals surface area (Å²) in [4.78, 5) is 0. The zero-order valence-electron chi connectivity index (χ0n) is 31.5. The van der Waals surface area contributed by atoms with Crippen LogP contribution >= 0.6 is 10.0 Å². The minimum Gasteiger partial charge on any atom is -0.239 e. The molecule has 2 fully saturated rings. The van der Waals surface area contributed by atoms with Crippen molar-refractivity contribution < 1.29 is 0 Å². The van der Waals surface area contributed by atoms with E-state index < -0.39 is 10.0 Å². The van der Waals surface area contributed by atoms with Crippen LogP contribution in [-0.2, 0) is 23.7 Å². The van der Waals surface area contributed by atoms with Gasteiger partial charge < -0.3 is 0 Å². The molecule has 258 valence electrons. The van der Waals surface area contributed by atoms with Crippen molar-refractivity contribution in [1.29, 1.82) is 0 Å². The molecule has 0 aliphatic heterocycles. The number of benzene rings is 4. The molecule has 0 saturated heterocycles. The van der Waals surface area contributed by atoms with Crippen LogP contribution in [0.1, 0.15) is 135 Å². The number of hydrogen-bond donors (Lipinski definition) is 0.